The lowest BCUT2D eigenvalue weighted by Gasteiger charge is -1.96. The van der Waals surface area contributed by atoms with E-state index in [0.717, 1.165) is 5.41 Å². The van der Waals surface area contributed by atoms with Crippen LogP contribution in [0.3, 0.4) is 0 Å². The second kappa shape index (κ2) is 4.24. The molecule has 0 heterocycles. The van der Waals surface area contributed by atoms with Gasteiger partial charge in [-0.25, -0.2) is 0 Å². The molecule has 0 saturated heterocycles. The molecular formula is C6H10O3S. The second-order valence-corrected chi connectivity index (χ2v) is 3.11. The highest BCUT2D eigenvalue weighted by Crippen LogP contribution is 1.94. The minimum Gasteiger partial charge on any atom is -0.267 e. The molecule has 0 saturated carbocycles. The van der Waals surface area contributed by atoms with Crippen molar-refractivity contribution in [2.24, 2.45) is 0 Å². The van der Waals surface area contributed by atoms with Gasteiger partial charge in [0.05, 0.1) is 12.0 Å². The van der Waals surface area contributed by atoms with Gasteiger partial charge in [-0.2, -0.15) is 8.42 Å². The third kappa shape index (κ3) is 4.29. The minimum absolute atomic E-state index is 0.137. The van der Waals surface area contributed by atoms with Crippen molar-refractivity contribution in [3.8, 4) is 0 Å². The van der Waals surface area contributed by atoms with E-state index >= 15 is 0 Å². The fraction of sp³-hybridized carbons (Fsp3) is 0.333. The summed E-state index contributed by atoms with van der Waals surface area (Å²) in [4.78, 5) is 0. The van der Waals surface area contributed by atoms with E-state index in [1.165, 1.54) is 0 Å². The van der Waals surface area contributed by atoms with Gasteiger partial charge in [0.1, 0.15) is 0 Å². The van der Waals surface area contributed by atoms with Crippen LogP contribution in [0.5, 0.6) is 0 Å². The standard InChI is InChI=1S/C6H10O3S/c1-3-5-6-9-10(7,8)4-2/h3-4H,1-2,5-6H2. The molecule has 0 spiro atoms. The Hall–Kier alpha value is -0.610. The van der Waals surface area contributed by atoms with E-state index in [-0.39, 0.29) is 6.61 Å². The molecule has 0 unspecified atom stereocenters. The Kier molecular flexibility index (Phi) is 3.99. The Morgan fingerprint density at radius 2 is 2.00 bits per heavy atom. The van der Waals surface area contributed by atoms with Gasteiger partial charge in [-0.1, -0.05) is 12.7 Å². The fourth-order valence-corrected chi connectivity index (χ4v) is 0.720. The average molecular weight is 162 g/mol. The van der Waals surface area contributed by atoms with Crippen molar-refractivity contribution in [3.63, 3.8) is 0 Å². The van der Waals surface area contributed by atoms with E-state index < -0.39 is 10.1 Å². The Balaban J connectivity index is 3.69. The maximum atomic E-state index is 10.5. The molecule has 0 amide bonds. The summed E-state index contributed by atoms with van der Waals surface area (Å²) in [6, 6.07) is 0. The highest BCUT2D eigenvalue weighted by molar-refractivity contribution is 7.89. The smallest absolute Gasteiger partial charge is 0.267 e. The molecule has 0 aliphatic carbocycles. The molecule has 0 aromatic rings. The molecule has 0 atom stereocenters. The molecule has 0 N–H and O–H groups in total. The van der Waals surface area contributed by atoms with Crippen LogP contribution in [0.15, 0.2) is 24.6 Å². The van der Waals surface area contributed by atoms with E-state index in [1.807, 2.05) is 0 Å². The maximum Gasteiger partial charge on any atom is 0.289 e. The first-order chi connectivity index (χ1) is 4.62. The number of hydrogen-bond acceptors (Lipinski definition) is 3. The van der Waals surface area contributed by atoms with Crippen molar-refractivity contribution in [1.29, 1.82) is 0 Å². The van der Waals surface area contributed by atoms with Crippen molar-refractivity contribution in [2.45, 2.75) is 6.42 Å². The van der Waals surface area contributed by atoms with Gasteiger partial charge in [-0.15, -0.1) is 6.58 Å². The van der Waals surface area contributed by atoms with Gasteiger partial charge in [-0.05, 0) is 6.42 Å². The Morgan fingerprint density at radius 3 is 2.40 bits per heavy atom. The Bertz CT molecular complexity index is 203. The van der Waals surface area contributed by atoms with E-state index in [1.54, 1.807) is 6.08 Å². The van der Waals surface area contributed by atoms with Crippen LogP contribution in [0.25, 0.3) is 0 Å². The predicted octanol–water partition coefficient (Wildman–Crippen LogP) is 1.05. The molecule has 0 radical (unpaired) electrons. The van der Waals surface area contributed by atoms with Crippen molar-refractivity contribution in [2.75, 3.05) is 6.61 Å². The lowest BCUT2D eigenvalue weighted by atomic mass is 10.5. The highest BCUT2D eigenvalue weighted by atomic mass is 32.2. The van der Waals surface area contributed by atoms with Gasteiger partial charge in [0, 0.05) is 0 Å². The largest absolute Gasteiger partial charge is 0.289 e. The zero-order valence-electron chi connectivity index (χ0n) is 5.62. The van der Waals surface area contributed by atoms with Gasteiger partial charge in [0.15, 0.2) is 0 Å². The topological polar surface area (TPSA) is 43.4 Å². The van der Waals surface area contributed by atoms with Crippen LogP contribution in [-0.2, 0) is 14.3 Å². The van der Waals surface area contributed by atoms with Gasteiger partial charge < -0.3 is 0 Å². The zero-order chi connectivity index (χ0) is 8.04. The molecular weight excluding hydrogens is 152 g/mol. The third-order valence-corrected chi connectivity index (χ3v) is 1.68. The first-order valence-corrected chi connectivity index (χ1v) is 4.22. The summed E-state index contributed by atoms with van der Waals surface area (Å²) in [7, 11) is -3.48. The maximum absolute atomic E-state index is 10.5. The monoisotopic (exact) mass is 162 g/mol. The van der Waals surface area contributed by atoms with E-state index in [4.69, 9.17) is 0 Å². The quantitative estimate of drug-likeness (QED) is 0.345. The normalized spacial score (nSPS) is 10.8. The van der Waals surface area contributed by atoms with Crippen LogP contribution in [0, 0.1) is 0 Å². The summed E-state index contributed by atoms with van der Waals surface area (Å²) >= 11 is 0. The minimum atomic E-state index is -3.48. The van der Waals surface area contributed by atoms with Crippen LogP contribution >= 0.6 is 0 Å². The molecule has 0 aromatic carbocycles. The molecule has 0 aromatic heterocycles. The van der Waals surface area contributed by atoms with Crippen molar-refractivity contribution in [1.82, 2.24) is 0 Å². The van der Waals surface area contributed by atoms with Gasteiger partial charge in [0.2, 0.25) is 0 Å². The Morgan fingerprint density at radius 1 is 1.40 bits per heavy atom. The number of hydrogen-bond donors (Lipinski definition) is 0. The summed E-state index contributed by atoms with van der Waals surface area (Å²) in [5, 5.41) is 0.774. The van der Waals surface area contributed by atoms with Crippen LogP contribution in [0.4, 0.5) is 0 Å². The van der Waals surface area contributed by atoms with Crippen molar-refractivity contribution < 1.29 is 12.6 Å². The molecule has 0 rings (SSSR count). The summed E-state index contributed by atoms with van der Waals surface area (Å²) in [5.74, 6) is 0. The summed E-state index contributed by atoms with van der Waals surface area (Å²) in [6.07, 6.45) is 2.10. The highest BCUT2D eigenvalue weighted by Gasteiger charge is 2.01. The van der Waals surface area contributed by atoms with Crippen molar-refractivity contribution in [3.05, 3.63) is 24.6 Å². The van der Waals surface area contributed by atoms with E-state index in [0.29, 0.717) is 6.42 Å². The first kappa shape index (κ1) is 9.39. The molecule has 0 aliphatic rings. The lowest BCUT2D eigenvalue weighted by Crippen LogP contribution is -2.01. The van der Waals surface area contributed by atoms with Gasteiger partial charge >= 0.3 is 0 Å². The van der Waals surface area contributed by atoms with E-state index in [2.05, 4.69) is 17.3 Å². The SMILES string of the molecule is C=CCCOS(=O)(=O)C=C. The summed E-state index contributed by atoms with van der Waals surface area (Å²) in [6.45, 7) is 6.61. The van der Waals surface area contributed by atoms with Crippen LogP contribution < -0.4 is 0 Å². The molecule has 0 aliphatic heterocycles. The number of rotatable bonds is 5. The molecule has 0 fully saturated rings. The molecule has 4 heteroatoms. The van der Waals surface area contributed by atoms with Gasteiger partial charge in [-0.3, -0.25) is 4.18 Å². The third-order valence-electron chi connectivity index (χ3n) is 0.774. The van der Waals surface area contributed by atoms with Crippen LogP contribution in [-0.4, -0.2) is 15.0 Å². The van der Waals surface area contributed by atoms with Crippen molar-refractivity contribution >= 4 is 10.1 Å². The van der Waals surface area contributed by atoms with E-state index in [9.17, 15) is 8.42 Å². The second-order valence-electron chi connectivity index (χ2n) is 1.56. The average Bonchev–Trinajstić information content (AvgIpc) is 1.89. The Labute approximate surface area is 61.1 Å². The molecule has 10 heavy (non-hydrogen) atoms. The lowest BCUT2D eigenvalue weighted by molar-refractivity contribution is 0.331. The van der Waals surface area contributed by atoms with Crippen LogP contribution in [0.1, 0.15) is 6.42 Å². The molecule has 58 valence electrons. The zero-order valence-corrected chi connectivity index (χ0v) is 6.43. The first-order valence-electron chi connectivity index (χ1n) is 2.75. The molecule has 0 bridgehead atoms. The summed E-state index contributed by atoms with van der Waals surface area (Å²) in [5.41, 5.74) is 0. The van der Waals surface area contributed by atoms with Crippen LogP contribution in [0.2, 0.25) is 0 Å². The predicted molar refractivity (Wildman–Crippen MR) is 39.9 cm³/mol. The van der Waals surface area contributed by atoms with Gasteiger partial charge in [0.25, 0.3) is 10.1 Å². The molecule has 3 nitrogen and oxygen atoms in total. The summed E-state index contributed by atoms with van der Waals surface area (Å²) < 4.78 is 25.4. The fourth-order valence-electron chi connectivity index (χ4n) is 0.296.